The molecule has 2 aromatic heterocycles. The number of thioether (sulfide) groups is 1. The maximum Gasteiger partial charge on any atom is 0.336 e. The van der Waals surface area contributed by atoms with Crippen LogP contribution in [0.15, 0.2) is 109 Å². The topological polar surface area (TPSA) is 105 Å². The lowest BCUT2D eigenvalue weighted by Crippen LogP contribution is -2.19. The fourth-order valence-electron chi connectivity index (χ4n) is 3.78. The number of amides is 1. The van der Waals surface area contributed by atoms with Gasteiger partial charge in [-0.15, -0.1) is 0 Å². The van der Waals surface area contributed by atoms with Crippen LogP contribution in [0.1, 0.15) is 21.2 Å². The second-order valence-electron chi connectivity index (χ2n) is 7.88. The van der Waals surface area contributed by atoms with E-state index in [0.29, 0.717) is 27.4 Å². The van der Waals surface area contributed by atoms with Crippen LogP contribution in [-0.2, 0) is 4.79 Å². The Morgan fingerprint density at radius 1 is 0.833 bits per heavy atom. The molecule has 0 fully saturated rings. The molecular weight excluding hydrogens is 472 g/mol. The molecule has 5 rings (SSSR count). The van der Waals surface area contributed by atoms with E-state index in [1.807, 2.05) is 48.5 Å². The van der Waals surface area contributed by atoms with Crippen molar-refractivity contribution in [3.63, 3.8) is 0 Å². The van der Waals surface area contributed by atoms with E-state index in [-0.39, 0.29) is 11.5 Å². The number of aromatic nitrogens is 3. The molecule has 2 heterocycles. The van der Waals surface area contributed by atoms with Gasteiger partial charge in [-0.1, -0.05) is 72.4 Å². The Balaban J connectivity index is 1.40. The quantitative estimate of drug-likeness (QED) is 0.216. The molecule has 1 amide bonds. The summed E-state index contributed by atoms with van der Waals surface area (Å²) in [6, 6.07) is 27.1. The molecule has 0 saturated carbocycles. The number of fused-ring (bicyclic) bond motifs is 1. The van der Waals surface area contributed by atoms with Crippen molar-refractivity contribution in [2.45, 2.75) is 10.4 Å². The molecule has 8 heteroatoms. The molecule has 0 bridgehead atoms. The Labute approximate surface area is 211 Å². The standard InChI is InChI=1S/C28H20N4O3S/c33-26(25(19-7-2-1-3-8-19)36-28-29-15-6-16-30-28)31-20-13-11-18(12-14-20)24-17-22(27(34)35)21-9-4-5-10-23(21)32-24/h1-17,25H,(H,31,33)(H,34,35). The number of carbonyl (C=O) groups excluding carboxylic acids is 1. The summed E-state index contributed by atoms with van der Waals surface area (Å²) in [6.07, 6.45) is 3.29. The average molecular weight is 493 g/mol. The third-order valence-corrected chi connectivity index (χ3v) is 6.64. The number of anilines is 1. The lowest BCUT2D eigenvalue weighted by atomic mass is 10.0. The normalized spacial score (nSPS) is 11.7. The van der Waals surface area contributed by atoms with Crippen molar-refractivity contribution in [2.75, 3.05) is 5.32 Å². The third-order valence-electron chi connectivity index (χ3n) is 5.50. The Hall–Kier alpha value is -4.56. The zero-order valence-corrected chi connectivity index (χ0v) is 19.7. The predicted molar refractivity (Wildman–Crippen MR) is 140 cm³/mol. The number of para-hydroxylation sites is 1. The Kier molecular flexibility index (Phi) is 6.68. The van der Waals surface area contributed by atoms with Gasteiger partial charge in [-0.2, -0.15) is 0 Å². The molecule has 1 atom stereocenters. The molecule has 2 N–H and O–H groups in total. The molecule has 0 spiro atoms. The average Bonchev–Trinajstić information content (AvgIpc) is 2.92. The molecule has 176 valence electrons. The SMILES string of the molecule is O=C(O)c1cc(-c2ccc(NC(=O)C(Sc3ncccn3)c3ccccc3)cc2)nc2ccccc12. The van der Waals surface area contributed by atoms with Crippen LogP contribution in [0.5, 0.6) is 0 Å². The highest BCUT2D eigenvalue weighted by Crippen LogP contribution is 2.34. The molecule has 1 unspecified atom stereocenters. The van der Waals surface area contributed by atoms with E-state index in [4.69, 9.17) is 0 Å². The maximum absolute atomic E-state index is 13.3. The zero-order chi connectivity index (χ0) is 24.9. The minimum absolute atomic E-state index is 0.193. The summed E-state index contributed by atoms with van der Waals surface area (Å²) in [7, 11) is 0. The summed E-state index contributed by atoms with van der Waals surface area (Å²) in [4.78, 5) is 38.2. The Morgan fingerprint density at radius 3 is 2.25 bits per heavy atom. The monoisotopic (exact) mass is 492 g/mol. The van der Waals surface area contributed by atoms with Gasteiger partial charge < -0.3 is 10.4 Å². The number of benzene rings is 3. The highest BCUT2D eigenvalue weighted by Gasteiger charge is 2.23. The van der Waals surface area contributed by atoms with Crippen LogP contribution < -0.4 is 5.32 Å². The molecule has 36 heavy (non-hydrogen) atoms. The molecule has 0 aliphatic carbocycles. The maximum atomic E-state index is 13.3. The first kappa shape index (κ1) is 23.2. The van der Waals surface area contributed by atoms with Crippen LogP contribution in [0, 0.1) is 0 Å². The van der Waals surface area contributed by atoms with Crippen molar-refractivity contribution in [1.82, 2.24) is 15.0 Å². The van der Waals surface area contributed by atoms with Crippen LogP contribution in [0.3, 0.4) is 0 Å². The number of carboxylic acid groups (broad SMARTS) is 1. The predicted octanol–water partition coefficient (Wildman–Crippen LogP) is 5.86. The van der Waals surface area contributed by atoms with Crippen molar-refractivity contribution in [1.29, 1.82) is 0 Å². The van der Waals surface area contributed by atoms with Gasteiger partial charge in [0.15, 0.2) is 5.16 Å². The largest absolute Gasteiger partial charge is 0.478 e. The number of aromatic carboxylic acids is 1. The third kappa shape index (κ3) is 5.08. The van der Waals surface area contributed by atoms with Crippen molar-refractivity contribution >= 4 is 40.2 Å². The molecule has 5 aromatic rings. The van der Waals surface area contributed by atoms with E-state index in [1.54, 1.807) is 54.9 Å². The molecule has 7 nitrogen and oxygen atoms in total. The van der Waals surface area contributed by atoms with E-state index in [1.165, 1.54) is 11.8 Å². The summed E-state index contributed by atoms with van der Waals surface area (Å²) in [5.74, 6) is -1.21. The van der Waals surface area contributed by atoms with Gasteiger partial charge in [-0.25, -0.2) is 19.7 Å². The van der Waals surface area contributed by atoms with Gasteiger partial charge in [0.2, 0.25) is 5.91 Å². The Morgan fingerprint density at radius 2 is 1.53 bits per heavy atom. The van der Waals surface area contributed by atoms with Crippen molar-refractivity contribution < 1.29 is 14.7 Å². The van der Waals surface area contributed by atoms with Gasteiger partial charge in [0, 0.05) is 29.0 Å². The number of nitrogens with one attached hydrogen (secondary N) is 1. The van der Waals surface area contributed by atoms with Crippen molar-refractivity contribution in [3.8, 4) is 11.3 Å². The summed E-state index contributed by atoms with van der Waals surface area (Å²) >= 11 is 1.27. The lowest BCUT2D eigenvalue weighted by molar-refractivity contribution is -0.115. The number of rotatable bonds is 7. The van der Waals surface area contributed by atoms with E-state index >= 15 is 0 Å². The second kappa shape index (κ2) is 10.4. The van der Waals surface area contributed by atoms with Crippen LogP contribution in [-0.4, -0.2) is 31.9 Å². The van der Waals surface area contributed by atoms with Crippen molar-refractivity contribution in [3.05, 3.63) is 115 Å². The van der Waals surface area contributed by atoms with Crippen LogP contribution in [0.25, 0.3) is 22.2 Å². The first-order valence-corrected chi connectivity index (χ1v) is 12.0. The fourth-order valence-corrected chi connectivity index (χ4v) is 4.70. The van der Waals surface area contributed by atoms with E-state index in [9.17, 15) is 14.7 Å². The van der Waals surface area contributed by atoms with Gasteiger partial charge in [-0.3, -0.25) is 4.79 Å². The first-order chi connectivity index (χ1) is 17.6. The van der Waals surface area contributed by atoms with Crippen LogP contribution >= 0.6 is 11.8 Å². The molecule has 3 aromatic carbocycles. The van der Waals surface area contributed by atoms with Gasteiger partial charge in [-0.05, 0) is 35.9 Å². The number of hydrogen-bond donors (Lipinski definition) is 2. The summed E-state index contributed by atoms with van der Waals surface area (Å²) < 4.78 is 0. The molecule has 0 radical (unpaired) electrons. The number of pyridine rings is 1. The molecule has 0 saturated heterocycles. The molecular formula is C28H20N4O3S. The van der Waals surface area contributed by atoms with Gasteiger partial charge in [0.25, 0.3) is 0 Å². The van der Waals surface area contributed by atoms with Gasteiger partial charge >= 0.3 is 5.97 Å². The number of hydrogen-bond acceptors (Lipinski definition) is 6. The summed E-state index contributed by atoms with van der Waals surface area (Å²) in [6.45, 7) is 0. The highest BCUT2D eigenvalue weighted by atomic mass is 32.2. The summed E-state index contributed by atoms with van der Waals surface area (Å²) in [5, 5.41) is 13.2. The van der Waals surface area contributed by atoms with Crippen molar-refractivity contribution in [2.24, 2.45) is 0 Å². The van der Waals surface area contributed by atoms with E-state index < -0.39 is 11.2 Å². The first-order valence-electron chi connectivity index (χ1n) is 11.1. The van der Waals surface area contributed by atoms with Gasteiger partial charge in [0.1, 0.15) is 5.25 Å². The highest BCUT2D eigenvalue weighted by molar-refractivity contribution is 8.00. The fraction of sp³-hybridized carbons (Fsp3) is 0.0357. The second-order valence-corrected chi connectivity index (χ2v) is 8.96. The summed E-state index contributed by atoms with van der Waals surface area (Å²) in [5.41, 5.74) is 3.54. The van der Waals surface area contributed by atoms with E-state index in [2.05, 4.69) is 20.3 Å². The molecule has 0 aliphatic rings. The smallest absolute Gasteiger partial charge is 0.336 e. The number of carbonyl (C=O) groups is 2. The van der Waals surface area contributed by atoms with Gasteiger partial charge in [0.05, 0.1) is 16.8 Å². The minimum atomic E-state index is -1.01. The van der Waals surface area contributed by atoms with Crippen LogP contribution in [0.2, 0.25) is 0 Å². The zero-order valence-electron chi connectivity index (χ0n) is 18.9. The van der Waals surface area contributed by atoms with E-state index in [0.717, 1.165) is 11.1 Å². The number of carboxylic acids is 1. The van der Waals surface area contributed by atoms with Crippen LogP contribution in [0.4, 0.5) is 5.69 Å². The minimum Gasteiger partial charge on any atom is -0.478 e. The molecule has 0 aliphatic heterocycles. The Bertz CT molecular complexity index is 1530. The number of nitrogens with zero attached hydrogens (tertiary/aromatic N) is 3. The lowest BCUT2D eigenvalue weighted by Gasteiger charge is -2.16.